The van der Waals surface area contributed by atoms with Crippen LogP contribution in [0.4, 0.5) is 5.69 Å². The molecule has 1 fully saturated rings. The molecule has 1 aliphatic heterocycles. The summed E-state index contributed by atoms with van der Waals surface area (Å²) in [5.41, 5.74) is 1.26. The molecule has 0 amide bonds. The maximum absolute atomic E-state index is 8.94. The average molecular weight is 337 g/mol. The molecule has 1 heterocycles. The Labute approximate surface area is 145 Å². The summed E-state index contributed by atoms with van der Waals surface area (Å²) in [7, 11) is 3.74. The van der Waals surface area contributed by atoms with E-state index in [4.69, 9.17) is 14.6 Å². The lowest BCUT2D eigenvalue weighted by atomic mass is 10.2. The molecule has 0 atom stereocenters. The maximum atomic E-state index is 8.94. The molecule has 24 heavy (non-hydrogen) atoms. The summed E-state index contributed by atoms with van der Waals surface area (Å²) in [6, 6.07) is 8.32. The van der Waals surface area contributed by atoms with Gasteiger partial charge >= 0.3 is 0 Å². The highest BCUT2D eigenvalue weighted by atomic mass is 16.5. The zero-order chi connectivity index (χ0) is 17.2. The van der Waals surface area contributed by atoms with E-state index in [0.717, 1.165) is 51.6 Å². The molecule has 6 nitrogen and oxygen atoms in total. The summed E-state index contributed by atoms with van der Waals surface area (Å²) in [6.45, 7) is 8.51. The Balaban J connectivity index is 1.71. The van der Waals surface area contributed by atoms with Crippen molar-refractivity contribution in [3.63, 3.8) is 0 Å². The van der Waals surface area contributed by atoms with Gasteiger partial charge in [0.1, 0.15) is 12.4 Å². The maximum Gasteiger partial charge on any atom is 0.119 e. The Hall–Kier alpha value is -1.34. The Morgan fingerprint density at radius 1 is 1.04 bits per heavy atom. The number of hydrogen-bond donors (Lipinski definition) is 1. The van der Waals surface area contributed by atoms with Gasteiger partial charge in [-0.25, -0.2) is 0 Å². The second-order valence-corrected chi connectivity index (χ2v) is 6.19. The number of likely N-dealkylation sites (N-methyl/N-ethyl adjacent to an activating group) is 1. The number of anilines is 1. The minimum absolute atomic E-state index is 0.232. The summed E-state index contributed by atoms with van der Waals surface area (Å²) >= 11 is 0. The molecule has 2 rings (SSSR count). The molecule has 0 unspecified atom stereocenters. The van der Waals surface area contributed by atoms with E-state index >= 15 is 0 Å². The third-order valence-electron chi connectivity index (χ3n) is 4.41. The second kappa shape index (κ2) is 10.5. The van der Waals surface area contributed by atoms with E-state index in [1.54, 1.807) is 7.11 Å². The molecule has 1 aromatic rings. The SMILES string of the molecule is COCCOc1ccc(N2CCN(CCN(C)CCO)CC2)cc1. The van der Waals surface area contributed by atoms with Crippen molar-refractivity contribution in [1.82, 2.24) is 9.80 Å². The minimum Gasteiger partial charge on any atom is -0.491 e. The van der Waals surface area contributed by atoms with Crippen LogP contribution in [0.25, 0.3) is 0 Å². The standard InChI is InChI=1S/C18H31N3O3/c1-19(13-14-22)7-8-20-9-11-21(12-10-20)17-3-5-18(6-4-17)24-16-15-23-2/h3-6,22H,7-16H2,1-2H3. The molecule has 1 aromatic carbocycles. The summed E-state index contributed by atoms with van der Waals surface area (Å²) in [4.78, 5) is 7.09. The topological polar surface area (TPSA) is 48.4 Å². The molecule has 136 valence electrons. The number of piperazine rings is 1. The van der Waals surface area contributed by atoms with E-state index in [1.807, 2.05) is 12.1 Å². The molecule has 1 aliphatic rings. The van der Waals surface area contributed by atoms with E-state index in [-0.39, 0.29) is 6.61 Å². The zero-order valence-electron chi connectivity index (χ0n) is 15.0. The van der Waals surface area contributed by atoms with Crippen molar-refractivity contribution in [2.45, 2.75) is 0 Å². The number of hydrogen-bond acceptors (Lipinski definition) is 6. The monoisotopic (exact) mass is 337 g/mol. The average Bonchev–Trinajstić information content (AvgIpc) is 2.62. The van der Waals surface area contributed by atoms with Crippen LogP contribution in [-0.2, 0) is 4.74 Å². The van der Waals surface area contributed by atoms with Crippen LogP contribution in [0, 0.1) is 0 Å². The van der Waals surface area contributed by atoms with Crippen LogP contribution >= 0.6 is 0 Å². The van der Waals surface area contributed by atoms with E-state index in [1.165, 1.54) is 5.69 Å². The van der Waals surface area contributed by atoms with Gasteiger partial charge in [0.05, 0.1) is 13.2 Å². The van der Waals surface area contributed by atoms with Gasteiger partial charge < -0.3 is 24.4 Å². The number of ether oxygens (including phenoxy) is 2. The van der Waals surface area contributed by atoms with Gasteiger partial charge in [-0.2, -0.15) is 0 Å². The Bertz CT molecular complexity index is 447. The zero-order valence-corrected chi connectivity index (χ0v) is 15.0. The van der Waals surface area contributed by atoms with Gasteiger partial charge in [0, 0.05) is 58.6 Å². The largest absolute Gasteiger partial charge is 0.491 e. The number of aliphatic hydroxyl groups is 1. The van der Waals surface area contributed by atoms with Crippen molar-refractivity contribution < 1.29 is 14.6 Å². The fraction of sp³-hybridized carbons (Fsp3) is 0.667. The highest BCUT2D eigenvalue weighted by Crippen LogP contribution is 2.20. The van der Waals surface area contributed by atoms with Gasteiger partial charge in [0.25, 0.3) is 0 Å². The van der Waals surface area contributed by atoms with Crippen molar-refractivity contribution in [1.29, 1.82) is 0 Å². The Morgan fingerprint density at radius 2 is 1.75 bits per heavy atom. The van der Waals surface area contributed by atoms with Gasteiger partial charge in [-0.1, -0.05) is 0 Å². The third-order valence-corrected chi connectivity index (χ3v) is 4.41. The number of aliphatic hydroxyl groups excluding tert-OH is 1. The molecule has 0 bridgehead atoms. The molecular weight excluding hydrogens is 306 g/mol. The number of methoxy groups -OCH3 is 1. The first-order valence-electron chi connectivity index (χ1n) is 8.71. The number of rotatable bonds is 10. The first-order valence-corrected chi connectivity index (χ1v) is 8.71. The highest BCUT2D eigenvalue weighted by Gasteiger charge is 2.17. The van der Waals surface area contributed by atoms with Gasteiger partial charge in [-0.15, -0.1) is 0 Å². The molecule has 1 saturated heterocycles. The molecule has 0 aromatic heterocycles. The predicted molar refractivity (Wildman–Crippen MR) is 97.0 cm³/mol. The van der Waals surface area contributed by atoms with Crippen molar-refractivity contribution in [3.05, 3.63) is 24.3 Å². The normalized spacial score (nSPS) is 15.9. The van der Waals surface area contributed by atoms with E-state index in [9.17, 15) is 0 Å². The fourth-order valence-electron chi connectivity index (χ4n) is 2.82. The number of nitrogens with zero attached hydrogens (tertiary/aromatic N) is 3. The summed E-state index contributed by atoms with van der Waals surface area (Å²) < 4.78 is 10.6. The summed E-state index contributed by atoms with van der Waals surface area (Å²) in [5, 5.41) is 8.94. The molecular formula is C18H31N3O3. The Kier molecular flexibility index (Phi) is 8.32. The van der Waals surface area contributed by atoms with Crippen LogP contribution in [0.3, 0.4) is 0 Å². The third kappa shape index (κ3) is 6.28. The molecule has 0 saturated carbocycles. The van der Waals surface area contributed by atoms with Crippen molar-refractivity contribution in [3.8, 4) is 5.75 Å². The first-order chi connectivity index (χ1) is 11.7. The second-order valence-electron chi connectivity index (χ2n) is 6.19. The predicted octanol–water partition coefficient (Wildman–Crippen LogP) is 0.758. The smallest absolute Gasteiger partial charge is 0.119 e. The van der Waals surface area contributed by atoms with Crippen LogP contribution in [0.2, 0.25) is 0 Å². The van der Waals surface area contributed by atoms with Crippen molar-refractivity contribution in [2.75, 3.05) is 84.7 Å². The van der Waals surface area contributed by atoms with Crippen molar-refractivity contribution >= 4 is 5.69 Å². The van der Waals surface area contributed by atoms with Gasteiger partial charge in [0.2, 0.25) is 0 Å². The van der Waals surface area contributed by atoms with Crippen LogP contribution < -0.4 is 9.64 Å². The molecule has 1 N–H and O–H groups in total. The lowest BCUT2D eigenvalue weighted by Gasteiger charge is -2.36. The molecule has 0 radical (unpaired) electrons. The molecule has 0 spiro atoms. The molecule has 6 heteroatoms. The quantitative estimate of drug-likeness (QED) is 0.636. The summed E-state index contributed by atoms with van der Waals surface area (Å²) in [6.07, 6.45) is 0. The van der Waals surface area contributed by atoms with E-state index < -0.39 is 0 Å². The lowest BCUT2D eigenvalue weighted by Crippen LogP contribution is -2.48. The van der Waals surface area contributed by atoms with Crippen molar-refractivity contribution in [2.24, 2.45) is 0 Å². The lowest BCUT2D eigenvalue weighted by molar-refractivity contribution is 0.146. The fourth-order valence-corrected chi connectivity index (χ4v) is 2.82. The number of benzene rings is 1. The van der Waals surface area contributed by atoms with Crippen LogP contribution in [0.15, 0.2) is 24.3 Å². The highest BCUT2D eigenvalue weighted by molar-refractivity contribution is 5.49. The summed E-state index contributed by atoms with van der Waals surface area (Å²) in [5.74, 6) is 0.890. The molecule has 0 aliphatic carbocycles. The van der Waals surface area contributed by atoms with Gasteiger partial charge in [-0.3, -0.25) is 4.90 Å². The van der Waals surface area contributed by atoms with Gasteiger partial charge in [0.15, 0.2) is 0 Å². The van der Waals surface area contributed by atoms with E-state index in [2.05, 4.69) is 33.9 Å². The van der Waals surface area contributed by atoms with Gasteiger partial charge in [-0.05, 0) is 31.3 Å². The first kappa shape index (κ1) is 19.0. The van der Waals surface area contributed by atoms with E-state index in [0.29, 0.717) is 13.2 Å². The Morgan fingerprint density at radius 3 is 2.38 bits per heavy atom. The van der Waals surface area contributed by atoms with Crippen LogP contribution in [0.5, 0.6) is 5.75 Å². The van der Waals surface area contributed by atoms with Crippen LogP contribution in [0.1, 0.15) is 0 Å². The van der Waals surface area contributed by atoms with Crippen LogP contribution in [-0.4, -0.2) is 94.7 Å². The minimum atomic E-state index is 0.232.